The van der Waals surface area contributed by atoms with Crippen LogP contribution in [0.15, 0.2) is 0 Å². The number of carboxylic acid groups (broad SMARTS) is 1. The summed E-state index contributed by atoms with van der Waals surface area (Å²) in [5, 5.41) is 8.77. The van der Waals surface area contributed by atoms with Crippen molar-refractivity contribution in [3.05, 3.63) is 0 Å². The number of carbonyl (C=O) groups excluding carboxylic acids is 1. The van der Waals surface area contributed by atoms with Crippen LogP contribution in [0.4, 0.5) is 0 Å². The van der Waals surface area contributed by atoms with Crippen molar-refractivity contribution in [1.82, 2.24) is 0 Å². The summed E-state index contributed by atoms with van der Waals surface area (Å²) in [6.07, 6.45) is 0.351. The number of hydrogen-bond acceptors (Lipinski definition) is 4. The highest BCUT2D eigenvalue weighted by molar-refractivity contribution is 5.98. The van der Waals surface area contributed by atoms with Gasteiger partial charge in [0.05, 0.1) is 0 Å². The Kier molecular flexibility index (Phi) is 3.69. The second-order valence-electron chi connectivity index (χ2n) is 2.50. The van der Waals surface area contributed by atoms with Gasteiger partial charge in [0.2, 0.25) is 0 Å². The first kappa shape index (κ1) is 10.9. The van der Waals surface area contributed by atoms with Crippen molar-refractivity contribution < 1.29 is 19.5 Å². The topological polar surface area (TPSA) is 89.6 Å². The van der Waals surface area contributed by atoms with E-state index in [1.807, 2.05) is 0 Å². The Morgan fingerprint density at radius 2 is 1.83 bits per heavy atom. The minimum Gasteiger partial charge on any atom is -0.480 e. The van der Waals surface area contributed by atoms with Gasteiger partial charge in [-0.2, -0.15) is 5.90 Å². The van der Waals surface area contributed by atoms with Gasteiger partial charge in [-0.15, -0.1) is 0 Å². The number of hydrogen-bond donors (Lipinski definition) is 2. The second-order valence-corrected chi connectivity index (χ2v) is 2.50. The van der Waals surface area contributed by atoms with Crippen LogP contribution < -0.4 is 5.90 Å². The highest BCUT2D eigenvalue weighted by atomic mass is 16.7. The summed E-state index contributed by atoms with van der Waals surface area (Å²) >= 11 is 0. The third kappa shape index (κ3) is 1.55. The molecular weight excluding hydrogens is 162 g/mol. The minimum absolute atomic E-state index is 0.175. The van der Waals surface area contributed by atoms with Crippen LogP contribution in [0.25, 0.3) is 0 Å². The average molecular weight is 175 g/mol. The lowest BCUT2D eigenvalue weighted by Crippen LogP contribution is -2.40. The van der Waals surface area contributed by atoms with E-state index in [1.165, 1.54) is 0 Å². The van der Waals surface area contributed by atoms with Crippen molar-refractivity contribution in [3.8, 4) is 0 Å². The van der Waals surface area contributed by atoms with Gasteiger partial charge in [0.15, 0.2) is 5.41 Å². The lowest BCUT2D eigenvalue weighted by atomic mass is 9.83. The average Bonchev–Trinajstić information content (AvgIpc) is 2.06. The molecule has 0 spiro atoms. The normalized spacial score (nSPS) is 10.9. The molecule has 0 heterocycles. The van der Waals surface area contributed by atoms with Crippen LogP contribution in [-0.2, 0) is 14.4 Å². The number of carbonyl (C=O) groups is 2. The molecule has 0 aliphatic carbocycles. The first-order valence-electron chi connectivity index (χ1n) is 3.69. The SMILES string of the molecule is CCC(CC)(C(=O)O)C(=O)ON. The predicted octanol–water partition coefficient (Wildman–Crippen LogP) is 0.294. The van der Waals surface area contributed by atoms with Crippen molar-refractivity contribution in [2.45, 2.75) is 26.7 Å². The Labute approximate surface area is 70.5 Å². The zero-order valence-corrected chi connectivity index (χ0v) is 7.16. The van der Waals surface area contributed by atoms with Gasteiger partial charge < -0.3 is 9.94 Å². The molecule has 0 atom stereocenters. The molecule has 0 unspecified atom stereocenters. The molecule has 0 amide bonds. The van der Waals surface area contributed by atoms with Crippen molar-refractivity contribution in [2.24, 2.45) is 11.3 Å². The van der Waals surface area contributed by atoms with E-state index in [9.17, 15) is 9.59 Å². The quantitative estimate of drug-likeness (QED) is 0.473. The smallest absolute Gasteiger partial charge is 0.341 e. The van der Waals surface area contributed by atoms with Crippen molar-refractivity contribution >= 4 is 11.9 Å². The summed E-state index contributed by atoms with van der Waals surface area (Å²) < 4.78 is 0. The standard InChI is InChI=1S/C7H13NO4/c1-3-7(4-2,5(9)10)6(11)12-8/h3-4,8H2,1-2H3,(H,9,10). The van der Waals surface area contributed by atoms with Gasteiger partial charge in [-0.05, 0) is 12.8 Å². The molecule has 0 aromatic carbocycles. The van der Waals surface area contributed by atoms with Crippen molar-refractivity contribution in [2.75, 3.05) is 0 Å². The van der Waals surface area contributed by atoms with Crippen LogP contribution in [0.5, 0.6) is 0 Å². The van der Waals surface area contributed by atoms with E-state index in [0.717, 1.165) is 0 Å². The lowest BCUT2D eigenvalue weighted by Gasteiger charge is -2.22. The number of carboxylic acids is 1. The molecule has 0 fully saturated rings. The molecule has 0 bridgehead atoms. The third-order valence-electron chi connectivity index (χ3n) is 2.11. The molecule has 12 heavy (non-hydrogen) atoms. The van der Waals surface area contributed by atoms with Gasteiger partial charge >= 0.3 is 11.9 Å². The maximum absolute atomic E-state index is 11.0. The van der Waals surface area contributed by atoms with E-state index >= 15 is 0 Å². The number of nitrogens with two attached hydrogens (primary N) is 1. The molecule has 0 aliphatic heterocycles. The monoisotopic (exact) mass is 175 g/mol. The van der Waals surface area contributed by atoms with Crippen LogP contribution in [0.1, 0.15) is 26.7 Å². The molecule has 0 saturated heterocycles. The van der Waals surface area contributed by atoms with Gasteiger partial charge in [-0.25, -0.2) is 4.79 Å². The largest absolute Gasteiger partial charge is 0.480 e. The van der Waals surface area contributed by atoms with Crippen molar-refractivity contribution in [3.63, 3.8) is 0 Å². The van der Waals surface area contributed by atoms with E-state index in [1.54, 1.807) is 13.8 Å². The highest BCUT2D eigenvalue weighted by Crippen LogP contribution is 2.27. The predicted molar refractivity (Wildman–Crippen MR) is 40.9 cm³/mol. The molecule has 70 valence electrons. The molecule has 0 rings (SSSR count). The van der Waals surface area contributed by atoms with Crippen LogP contribution in [0, 0.1) is 5.41 Å². The van der Waals surface area contributed by atoms with Gasteiger partial charge in [0, 0.05) is 0 Å². The molecular formula is C7H13NO4. The van der Waals surface area contributed by atoms with Gasteiger partial charge in [0.25, 0.3) is 0 Å². The van der Waals surface area contributed by atoms with Gasteiger partial charge in [0.1, 0.15) is 0 Å². The van der Waals surface area contributed by atoms with Crippen molar-refractivity contribution in [1.29, 1.82) is 0 Å². The first-order chi connectivity index (χ1) is 5.55. The Bertz CT molecular complexity index is 186. The Morgan fingerprint density at radius 3 is 1.92 bits per heavy atom. The summed E-state index contributed by atoms with van der Waals surface area (Å²) in [6.45, 7) is 3.21. The molecule has 5 nitrogen and oxygen atoms in total. The molecule has 5 heteroatoms. The van der Waals surface area contributed by atoms with Crippen LogP contribution >= 0.6 is 0 Å². The van der Waals surface area contributed by atoms with E-state index in [2.05, 4.69) is 10.7 Å². The fraction of sp³-hybridized carbons (Fsp3) is 0.714. The summed E-state index contributed by atoms with van der Waals surface area (Å²) in [7, 11) is 0. The van der Waals surface area contributed by atoms with E-state index in [0.29, 0.717) is 0 Å². The summed E-state index contributed by atoms with van der Waals surface area (Å²) in [5.41, 5.74) is -1.48. The first-order valence-corrected chi connectivity index (χ1v) is 3.69. The Balaban J connectivity index is 4.82. The number of aliphatic carboxylic acids is 1. The third-order valence-corrected chi connectivity index (χ3v) is 2.11. The van der Waals surface area contributed by atoms with E-state index in [-0.39, 0.29) is 12.8 Å². The molecule has 0 aromatic rings. The summed E-state index contributed by atoms with van der Waals surface area (Å²) in [5.74, 6) is 2.55. The zero-order valence-electron chi connectivity index (χ0n) is 7.16. The fourth-order valence-corrected chi connectivity index (χ4v) is 1.04. The maximum Gasteiger partial charge on any atom is 0.341 e. The molecule has 3 N–H and O–H groups in total. The second kappa shape index (κ2) is 4.06. The number of rotatable bonds is 4. The maximum atomic E-state index is 11.0. The van der Waals surface area contributed by atoms with Gasteiger partial charge in [-0.3, -0.25) is 4.79 Å². The van der Waals surface area contributed by atoms with Crippen LogP contribution in [0.3, 0.4) is 0 Å². The Morgan fingerprint density at radius 1 is 1.42 bits per heavy atom. The summed E-state index contributed by atoms with van der Waals surface area (Å²) in [4.78, 5) is 25.7. The molecule has 0 saturated carbocycles. The molecule has 0 aliphatic rings. The molecule has 0 aromatic heterocycles. The van der Waals surface area contributed by atoms with E-state index < -0.39 is 17.4 Å². The molecule has 0 radical (unpaired) electrons. The highest BCUT2D eigenvalue weighted by Gasteiger charge is 2.44. The minimum atomic E-state index is -1.48. The van der Waals surface area contributed by atoms with Gasteiger partial charge in [-0.1, -0.05) is 13.8 Å². The van der Waals surface area contributed by atoms with E-state index in [4.69, 9.17) is 5.11 Å². The van der Waals surface area contributed by atoms with Crippen LogP contribution in [0.2, 0.25) is 0 Å². The zero-order chi connectivity index (χ0) is 9.78. The fourth-order valence-electron chi connectivity index (χ4n) is 1.04. The van der Waals surface area contributed by atoms with Crippen LogP contribution in [-0.4, -0.2) is 17.0 Å². The summed E-state index contributed by atoms with van der Waals surface area (Å²) in [6, 6.07) is 0. The lowest BCUT2D eigenvalue weighted by molar-refractivity contribution is -0.170. The Hall–Kier alpha value is -1.10.